The van der Waals surface area contributed by atoms with Crippen molar-refractivity contribution >= 4 is 28.5 Å². The minimum absolute atomic E-state index is 0.0559. The summed E-state index contributed by atoms with van der Waals surface area (Å²) < 4.78 is 15.2. The number of hydrogen-bond acceptors (Lipinski definition) is 3. The average molecular weight is 391 g/mol. The largest absolute Gasteiger partial charge is 0.480 e. The van der Waals surface area contributed by atoms with Crippen LogP contribution in [0.2, 0.25) is 5.02 Å². The quantitative estimate of drug-likeness (QED) is 0.726. The minimum Gasteiger partial charge on any atom is -0.480 e. The van der Waals surface area contributed by atoms with Crippen molar-refractivity contribution in [3.8, 4) is 0 Å². The summed E-state index contributed by atoms with van der Waals surface area (Å²) in [5, 5.41) is 9.69. The van der Waals surface area contributed by atoms with Gasteiger partial charge in [0.1, 0.15) is 12.4 Å². The highest BCUT2D eigenvalue weighted by Gasteiger charge is 2.19. The molecule has 0 aliphatic heterocycles. The van der Waals surface area contributed by atoms with Crippen molar-refractivity contribution in [1.29, 1.82) is 0 Å². The van der Waals surface area contributed by atoms with E-state index in [1.165, 1.54) is 28.8 Å². The number of carboxylic acids is 1. The molecular weight excluding hydrogens is 375 g/mol. The predicted molar refractivity (Wildman–Crippen MR) is 100.0 cm³/mol. The maximum Gasteiger partial charge on any atom is 0.332 e. The number of nitrogens with zero attached hydrogens (tertiary/aromatic N) is 2. The van der Waals surface area contributed by atoms with E-state index >= 15 is 0 Å². The zero-order chi connectivity index (χ0) is 19.7. The van der Waals surface area contributed by atoms with E-state index in [1.807, 2.05) is 6.92 Å². The summed E-state index contributed by atoms with van der Waals surface area (Å²) in [5.74, 6) is -1.71. The molecular formula is C19H16ClFN2O4. The van der Waals surface area contributed by atoms with E-state index in [2.05, 4.69) is 0 Å². The first-order valence-corrected chi connectivity index (χ1v) is 8.62. The van der Waals surface area contributed by atoms with Gasteiger partial charge in [-0.15, -0.1) is 0 Å². The highest BCUT2D eigenvalue weighted by molar-refractivity contribution is 6.32. The summed E-state index contributed by atoms with van der Waals surface area (Å²) in [5.41, 5.74) is 0.104. The first kappa shape index (κ1) is 18.8. The van der Waals surface area contributed by atoms with Gasteiger partial charge in [0.05, 0.1) is 17.4 Å². The molecule has 0 atom stereocenters. The molecule has 0 saturated heterocycles. The van der Waals surface area contributed by atoms with Gasteiger partial charge in [-0.2, -0.15) is 0 Å². The second-order valence-electron chi connectivity index (χ2n) is 6.05. The molecule has 0 saturated carbocycles. The summed E-state index contributed by atoms with van der Waals surface area (Å²) in [7, 11) is 0. The Balaban J connectivity index is 2.37. The lowest BCUT2D eigenvalue weighted by atomic mass is 10.1. The van der Waals surface area contributed by atoms with Crippen molar-refractivity contribution in [1.82, 2.24) is 9.13 Å². The lowest BCUT2D eigenvalue weighted by molar-refractivity contribution is -0.137. The SMILES string of the molecule is CCc1c(Cl)ccc2c1c(=O)n(CC(=O)O)c(=O)n2Cc1ccc(F)cc1. The molecule has 0 aliphatic rings. The third-order valence-electron chi connectivity index (χ3n) is 4.35. The number of carboxylic acid groups (broad SMARTS) is 1. The van der Waals surface area contributed by atoms with Crippen molar-refractivity contribution in [3.63, 3.8) is 0 Å². The molecule has 6 nitrogen and oxygen atoms in total. The fourth-order valence-electron chi connectivity index (χ4n) is 3.09. The van der Waals surface area contributed by atoms with Gasteiger partial charge < -0.3 is 5.11 Å². The molecule has 1 heterocycles. The Kier molecular flexibility index (Phi) is 5.14. The van der Waals surface area contributed by atoms with E-state index in [1.54, 1.807) is 12.1 Å². The van der Waals surface area contributed by atoms with Gasteiger partial charge in [-0.1, -0.05) is 30.7 Å². The number of aryl methyl sites for hydroxylation is 1. The predicted octanol–water partition coefficient (Wildman–Crippen LogP) is 2.65. The molecule has 3 rings (SSSR count). The van der Waals surface area contributed by atoms with E-state index < -0.39 is 29.6 Å². The second kappa shape index (κ2) is 7.36. The molecule has 0 amide bonds. The lowest BCUT2D eigenvalue weighted by Gasteiger charge is -2.16. The monoisotopic (exact) mass is 390 g/mol. The minimum atomic E-state index is -1.30. The summed E-state index contributed by atoms with van der Waals surface area (Å²) in [6, 6.07) is 8.75. The van der Waals surface area contributed by atoms with E-state index in [4.69, 9.17) is 16.7 Å². The molecule has 0 unspecified atom stereocenters. The molecule has 3 aromatic rings. The molecule has 8 heteroatoms. The average Bonchev–Trinajstić information content (AvgIpc) is 2.63. The Morgan fingerprint density at radius 3 is 2.37 bits per heavy atom. The number of aromatic nitrogens is 2. The van der Waals surface area contributed by atoms with Crippen LogP contribution in [0.15, 0.2) is 46.0 Å². The van der Waals surface area contributed by atoms with Crippen LogP contribution in [0.5, 0.6) is 0 Å². The van der Waals surface area contributed by atoms with E-state index in [9.17, 15) is 18.8 Å². The number of aliphatic carboxylic acids is 1. The normalized spacial score (nSPS) is 11.1. The highest BCUT2D eigenvalue weighted by Crippen LogP contribution is 2.24. The van der Waals surface area contributed by atoms with Gasteiger partial charge in [-0.05, 0) is 41.8 Å². The first-order valence-electron chi connectivity index (χ1n) is 8.24. The summed E-state index contributed by atoms with van der Waals surface area (Å²) in [4.78, 5) is 36.9. The summed E-state index contributed by atoms with van der Waals surface area (Å²) in [6.45, 7) is 1.12. The number of hydrogen-bond donors (Lipinski definition) is 1. The smallest absolute Gasteiger partial charge is 0.332 e. The molecule has 0 aliphatic carbocycles. The number of carbonyl (C=O) groups is 1. The van der Waals surface area contributed by atoms with Crippen molar-refractivity contribution in [2.75, 3.05) is 0 Å². The zero-order valence-corrected chi connectivity index (χ0v) is 15.2. The molecule has 0 radical (unpaired) electrons. The van der Waals surface area contributed by atoms with Gasteiger partial charge in [0, 0.05) is 5.02 Å². The van der Waals surface area contributed by atoms with Crippen molar-refractivity contribution in [2.24, 2.45) is 0 Å². The Morgan fingerprint density at radius 2 is 1.78 bits per heavy atom. The molecule has 2 aromatic carbocycles. The Hall–Kier alpha value is -2.93. The molecule has 0 fully saturated rings. The Labute approximate surface area is 158 Å². The third-order valence-corrected chi connectivity index (χ3v) is 4.70. The van der Waals surface area contributed by atoms with E-state index in [0.717, 1.165) is 0 Å². The Morgan fingerprint density at radius 1 is 1.11 bits per heavy atom. The maximum atomic E-state index is 13.2. The van der Waals surface area contributed by atoms with E-state index in [0.29, 0.717) is 32.7 Å². The molecule has 1 N–H and O–H groups in total. The number of rotatable bonds is 5. The Bertz CT molecular complexity index is 1150. The number of halogens is 2. The molecule has 27 heavy (non-hydrogen) atoms. The van der Waals surface area contributed by atoms with Crippen LogP contribution in [0.4, 0.5) is 4.39 Å². The van der Waals surface area contributed by atoms with Crippen molar-refractivity contribution < 1.29 is 14.3 Å². The molecule has 1 aromatic heterocycles. The summed E-state index contributed by atoms with van der Waals surface area (Å²) >= 11 is 6.21. The van der Waals surface area contributed by atoms with Gasteiger partial charge in [-0.3, -0.25) is 14.2 Å². The summed E-state index contributed by atoms with van der Waals surface area (Å²) in [6.07, 6.45) is 0.438. The highest BCUT2D eigenvalue weighted by atomic mass is 35.5. The van der Waals surface area contributed by atoms with Crippen molar-refractivity contribution in [3.05, 3.63) is 79.2 Å². The van der Waals surface area contributed by atoms with Crippen molar-refractivity contribution in [2.45, 2.75) is 26.4 Å². The van der Waals surface area contributed by atoms with Crippen LogP contribution in [0.1, 0.15) is 18.1 Å². The topological polar surface area (TPSA) is 81.3 Å². The molecule has 0 spiro atoms. The van der Waals surface area contributed by atoms with E-state index in [-0.39, 0.29) is 11.9 Å². The van der Waals surface area contributed by atoms with Crippen LogP contribution in [-0.4, -0.2) is 20.2 Å². The molecule has 140 valence electrons. The maximum absolute atomic E-state index is 13.2. The third kappa shape index (κ3) is 3.50. The first-order chi connectivity index (χ1) is 12.8. The van der Waals surface area contributed by atoms with Gasteiger partial charge in [0.25, 0.3) is 5.56 Å². The second-order valence-corrected chi connectivity index (χ2v) is 6.46. The fourth-order valence-corrected chi connectivity index (χ4v) is 3.38. The number of benzene rings is 2. The van der Waals surface area contributed by atoms with Crippen LogP contribution in [0, 0.1) is 5.82 Å². The van der Waals surface area contributed by atoms with Crippen LogP contribution in [0.3, 0.4) is 0 Å². The van der Waals surface area contributed by atoms with Gasteiger partial charge in [0.2, 0.25) is 0 Å². The number of fused-ring (bicyclic) bond motifs is 1. The fraction of sp³-hybridized carbons (Fsp3) is 0.211. The van der Waals surface area contributed by atoms with Gasteiger partial charge in [0.15, 0.2) is 0 Å². The standard InChI is InChI=1S/C19H16ClFN2O4/c1-2-13-14(20)7-8-15-17(13)18(26)23(10-16(24)25)19(27)22(15)9-11-3-5-12(21)6-4-11/h3-8H,2,9-10H2,1H3,(H,24,25). The van der Waals surface area contributed by atoms with Gasteiger partial charge in [-0.25, -0.2) is 13.8 Å². The van der Waals surface area contributed by atoms with Gasteiger partial charge >= 0.3 is 11.7 Å². The lowest BCUT2D eigenvalue weighted by Crippen LogP contribution is -2.42. The van der Waals surface area contributed by atoms with Crippen LogP contribution in [0.25, 0.3) is 10.9 Å². The van der Waals surface area contributed by atoms with Crippen LogP contribution >= 0.6 is 11.6 Å². The zero-order valence-electron chi connectivity index (χ0n) is 14.4. The molecule has 0 bridgehead atoms. The van der Waals surface area contributed by atoms with Crippen LogP contribution < -0.4 is 11.2 Å². The van der Waals surface area contributed by atoms with Crippen LogP contribution in [-0.2, 0) is 24.3 Å².